The predicted molar refractivity (Wildman–Crippen MR) is 119 cm³/mol. The molecule has 0 aromatic heterocycles. The van der Waals surface area contributed by atoms with Crippen molar-refractivity contribution in [2.24, 2.45) is 0 Å². The Balaban J connectivity index is 1.60. The van der Waals surface area contributed by atoms with E-state index in [0.29, 0.717) is 27.6 Å². The molecule has 0 spiro atoms. The van der Waals surface area contributed by atoms with Crippen molar-refractivity contribution in [3.8, 4) is 5.75 Å². The highest BCUT2D eigenvalue weighted by Gasteiger charge is 2.34. The van der Waals surface area contributed by atoms with E-state index < -0.39 is 17.8 Å². The van der Waals surface area contributed by atoms with Gasteiger partial charge >= 0.3 is 5.97 Å². The van der Waals surface area contributed by atoms with Crippen LogP contribution >= 0.6 is 11.6 Å². The molecule has 0 aliphatic carbocycles. The van der Waals surface area contributed by atoms with Gasteiger partial charge in [-0.15, -0.1) is 0 Å². The van der Waals surface area contributed by atoms with Gasteiger partial charge in [0, 0.05) is 10.6 Å². The van der Waals surface area contributed by atoms with Crippen LogP contribution in [-0.4, -0.2) is 22.9 Å². The first-order valence-electron chi connectivity index (χ1n) is 9.59. The lowest BCUT2D eigenvalue weighted by Crippen LogP contribution is -2.35. The second-order valence-corrected chi connectivity index (χ2v) is 7.39. The van der Waals surface area contributed by atoms with Crippen LogP contribution in [0.1, 0.15) is 21.5 Å². The lowest BCUT2D eigenvalue weighted by Gasteiger charge is -2.14. The number of hydrazine groups is 1. The molecule has 1 saturated heterocycles. The first-order valence-corrected chi connectivity index (χ1v) is 9.97. The highest BCUT2D eigenvalue weighted by molar-refractivity contribution is 6.32. The maximum atomic E-state index is 12.8. The van der Waals surface area contributed by atoms with Gasteiger partial charge in [0.1, 0.15) is 17.9 Å². The number of aromatic carboxylic acids is 1. The van der Waals surface area contributed by atoms with Crippen LogP contribution in [0.5, 0.6) is 5.75 Å². The predicted octanol–water partition coefficient (Wildman–Crippen LogP) is 4.08. The summed E-state index contributed by atoms with van der Waals surface area (Å²) in [6.45, 7) is 0.0925. The van der Waals surface area contributed by atoms with E-state index in [4.69, 9.17) is 21.4 Å². The average Bonchev–Trinajstić information content (AvgIpc) is 3.07. The molecule has 1 aliphatic heterocycles. The molecule has 0 atom stereocenters. The summed E-state index contributed by atoms with van der Waals surface area (Å²) in [5.74, 6) is -1.68. The Kier molecular flexibility index (Phi) is 5.91. The van der Waals surface area contributed by atoms with Crippen LogP contribution < -0.4 is 15.2 Å². The van der Waals surface area contributed by atoms with Crippen molar-refractivity contribution in [1.82, 2.24) is 5.43 Å². The second kappa shape index (κ2) is 8.95. The number of nitrogens with zero attached hydrogens (tertiary/aromatic N) is 1. The summed E-state index contributed by atoms with van der Waals surface area (Å²) >= 11 is 6.13. The molecule has 2 N–H and O–H groups in total. The molecule has 3 aromatic carbocycles. The third kappa shape index (κ3) is 4.48. The fourth-order valence-electron chi connectivity index (χ4n) is 3.19. The number of benzene rings is 3. The Morgan fingerprint density at radius 2 is 1.81 bits per heavy atom. The lowest BCUT2D eigenvalue weighted by atomic mass is 10.1. The van der Waals surface area contributed by atoms with Gasteiger partial charge in [-0.3, -0.25) is 15.0 Å². The molecule has 1 aliphatic rings. The van der Waals surface area contributed by atoms with E-state index in [1.54, 1.807) is 54.6 Å². The van der Waals surface area contributed by atoms with Crippen molar-refractivity contribution in [3.63, 3.8) is 0 Å². The van der Waals surface area contributed by atoms with Gasteiger partial charge in [-0.1, -0.05) is 41.9 Å². The Hall–Kier alpha value is -4.10. The van der Waals surface area contributed by atoms with Gasteiger partial charge in [0.15, 0.2) is 0 Å². The Morgan fingerprint density at radius 1 is 1.03 bits per heavy atom. The van der Waals surface area contributed by atoms with Crippen LogP contribution in [-0.2, 0) is 16.2 Å². The Bertz CT molecular complexity index is 1240. The zero-order valence-electron chi connectivity index (χ0n) is 16.6. The number of carbonyl (C=O) groups excluding carboxylic acids is 2. The maximum absolute atomic E-state index is 12.8. The molecule has 8 heteroatoms. The fourth-order valence-corrected chi connectivity index (χ4v) is 3.37. The molecule has 160 valence electrons. The smallest absolute Gasteiger partial charge is 0.335 e. The van der Waals surface area contributed by atoms with Crippen molar-refractivity contribution < 1.29 is 24.2 Å². The minimum atomic E-state index is -1.03. The van der Waals surface area contributed by atoms with E-state index in [-0.39, 0.29) is 17.7 Å². The molecule has 2 amide bonds. The van der Waals surface area contributed by atoms with Crippen LogP contribution in [0.4, 0.5) is 5.69 Å². The molecule has 4 rings (SSSR count). The van der Waals surface area contributed by atoms with Crippen molar-refractivity contribution >= 4 is 41.1 Å². The highest BCUT2D eigenvalue weighted by atomic mass is 35.5. The van der Waals surface area contributed by atoms with E-state index in [9.17, 15) is 14.4 Å². The maximum Gasteiger partial charge on any atom is 0.335 e. The van der Waals surface area contributed by atoms with Gasteiger partial charge < -0.3 is 9.84 Å². The van der Waals surface area contributed by atoms with Crippen molar-refractivity contribution in [3.05, 3.63) is 100 Å². The Morgan fingerprint density at radius 3 is 2.56 bits per heavy atom. The monoisotopic (exact) mass is 448 g/mol. The number of anilines is 1. The SMILES string of the molecule is O=C1NN(c2ccccc2)C(=O)/C1=C\c1cc(Cl)ccc1OCc1cccc(C(=O)O)c1. The summed E-state index contributed by atoms with van der Waals surface area (Å²) in [7, 11) is 0. The van der Waals surface area contributed by atoms with Gasteiger partial charge in [0.25, 0.3) is 11.8 Å². The van der Waals surface area contributed by atoms with Gasteiger partial charge in [-0.2, -0.15) is 0 Å². The molecule has 0 saturated carbocycles. The van der Waals surface area contributed by atoms with E-state index >= 15 is 0 Å². The summed E-state index contributed by atoms with van der Waals surface area (Å²) in [5.41, 5.74) is 4.27. The average molecular weight is 449 g/mol. The zero-order valence-corrected chi connectivity index (χ0v) is 17.4. The number of amides is 2. The van der Waals surface area contributed by atoms with Crippen LogP contribution in [0.15, 0.2) is 78.4 Å². The third-order valence-corrected chi connectivity index (χ3v) is 4.98. The number of carbonyl (C=O) groups is 3. The van der Waals surface area contributed by atoms with Crippen LogP contribution in [0, 0.1) is 0 Å². The van der Waals surface area contributed by atoms with Crippen LogP contribution in [0.2, 0.25) is 5.02 Å². The zero-order chi connectivity index (χ0) is 22.7. The van der Waals surface area contributed by atoms with Gasteiger partial charge in [0.2, 0.25) is 0 Å². The van der Waals surface area contributed by atoms with Crippen molar-refractivity contribution in [2.45, 2.75) is 6.61 Å². The number of carboxylic acids is 1. The minimum Gasteiger partial charge on any atom is -0.488 e. The second-order valence-electron chi connectivity index (χ2n) is 6.95. The number of ether oxygens (including phenoxy) is 1. The third-order valence-electron chi connectivity index (χ3n) is 4.75. The number of halogens is 1. The lowest BCUT2D eigenvalue weighted by molar-refractivity contribution is -0.117. The van der Waals surface area contributed by atoms with Crippen molar-refractivity contribution in [2.75, 3.05) is 5.01 Å². The largest absolute Gasteiger partial charge is 0.488 e. The summed E-state index contributed by atoms with van der Waals surface area (Å²) in [5, 5.41) is 10.7. The molecule has 1 fully saturated rings. The Labute approximate surface area is 188 Å². The summed E-state index contributed by atoms with van der Waals surface area (Å²) < 4.78 is 5.85. The van der Waals surface area contributed by atoms with Crippen molar-refractivity contribution in [1.29, 1.82) is 0 Å². The number of hydrogen-bond acceptors (Lipinski definition) is 4. The number of para-hydroxylation sites is 1. The number of hydrogen-bond donors (Lipinski definition) is 2. The summed E-state index contributed by atoms with van der Waals surface area (Å²) in [6, 6.07) is 20.0. The first kappa shape index (κ1) is 21.1. The standard InChI is InChI=1S/C24H17ClN2O5/c25-18-9-10-21(32-14-15-5-4-6-16(11-15)24(30)31)17(12-18)13-20-22(28)26-27(23(20)29)19-7-2-1-3-8-19/h1-13H,14H2,(H,26,28)(H,30,31)/b20-13-. The molecule has 3 aromatic rings. The number of carboxylic acid groups (broad SMARTS) is 1. The minimum absolute atomic E-state index is 0.0613. The first-order chi connectivity index (χ1) is 15.4. The molecule has 32 heavy (non-hydrogen) atoms. The fraction of sp³-hybridized carbons (Fsp3) is 0.0417. The van der Waals surface area contributed by atoms with E-state index in [1.807, 2.05) is 6.07 Å². The number of rotatable bonds is 6. The van der Waals surface area contributed by atoms with Gasteiger partial charge in [-0.05, 0) is 54.1 Å². The van der Waals surface area contributed by atoms with E-state index in [1.165, 1.54) is 23.2 Å². The molecule has 0 bridgehead atoms. The molecular formula is C24H17ClN2O5. The van der Waals surface area contributed by atoms with E-state index in [2.05, 4.69) is 5.43 Å². The molecule has 1 heterocycles. The quantitative estimate of drug-likeness (QED) is 0.437. The normalized spacial score (nSPS) is 14.5. The molecular weight excluding hydrogens is 432 g/mol. The summed E-state index contributed by atoms with van der Waals surface area (Å²) in [6.07, 6.45) is 1.43. The van der Waals surface area contributed by atoms with Gasteiger partial charge in [0.05, 0.1) is 11.3 Å². The van der Waals surface area contributed by atoms with Crippen LogP contribution in [0.3, 0.4) is 0 Å². The topological polar surface area (TPSA) is 95.9 Å². The van der Waals surface area contributed by atoms with Crippen LogP contribution in [0.25, 0.3) is 6.08 Å². The molecule has 0 unspecified atom stereocenters. The summed E-state index contributed by atoms with van der Waals surface area (Å²) in [4.78, 5) is 36.5. The van der Waals surface area contributed by atoms with Gasteiger partial charge in [-0.25, -0.2) is 9.80 Å². The highest BCUT2D eigenvalue weighted by Crippen LogP contribution is 2.28. The van der Waals surface area contributed by atoms with E-state index in [0.717, 1.165) is 0 Å². The molecule has 0 radical (unpaired) electrons. The molecule has 7 nitrogen and oxygen atoms in total. The number of nitrogens with one attached hydrogen (secondary N) is 1.